The van der Waals surface area contributed by atoms with Crippen LogP contribution in [0.3, 0.4) is 0 Å². The van der Waals surface area contributed by atoms with E-state index in [1.54, 1.807) is 0 Å². The van der Waals surface area contributed by atoms with Gasteiger partial charge in [0.05, 0.1) is 5.52 Å². The molecule has 1 aliphatic carbocycles. The zero-order valence-corrected chi connectivity index (χ0v) is 11.8. The predicted octanol–water partition coefficient (Wildman–Crippen LogP) is 2.97. The Kier molecular flexibility index (Phi) is 4.28. The highest BCUT2D eigenvalue weighted by Crippen LogP contribution is 2.29. The molecule has 20 heavy (non-hydrogen) atoms. The van der Waals surface area contributed by atoms with E-state index in [0.717, 1.165) is 37.5 Å². The van der Waals surface area contributed by atoms with Crippen LogP contribution in [0.25, 0.3) is 10.9 Å². The van der Waals surface area contributed by atoms with Gasteiger partial charge in [0, 0.05) is 30.8 Å². The minimum atomic E-state index is 0.300. The fraction of sp³-hybridized carbons (Fsp3) is 0.471. The summed E-state index contributed by atoms with van der Waals surface area (Å²) in [6.07, 6.45) is 6.48. The second-order valence-corrected chi connectivity index (χ2v) is 5.62. The van der Waals surface area contributed by atoms with Gasteiger partial charge in [-0.3, -0.25) is 9.88 Å². The SMILES string of the molecule is OCCCCN(Cc1cccc2cccnc12)C1CC1. The van der Waals surface area contributed by atoms with Crippen LogP contribution in [0.1, 0.15) is 31.2 Å². The number of benzene rings is 1. The molecule has 0 atom stereocenters. The fourth-order valence-electron chi connectivity index (χ4n) is 2.77. The molecule has 3 nitrogen and oxygen atoms in total. The first-order valence-electron chi connectivity index (χ1n) is 7.56. The summed E-state index contributed by atoms with van der Waals surface area (Å²) in [7, 11) is 0. The van der Waals surface area contributed by atoms with E-state index in [4.69, 9.17) is 5.11 Å². The maximum Gasteiger partial charge on any atom is 0.0746 e. The largest absolute Gasteiger partial charge is 0.396 e. The van der Waals surface area contributed by atoms with Crippen LogP contribution in [-0.4, -0.2) is 34.2 Å². The molecule has 0 bridgehead atoms. The first-order chi connectivity index (χ1) is 9.88. The highest BCUT2D eigenvalue weighted by molar-refractivity contribution is 5.81. The third-order valence-electron chi connectivity index (χ3n) is 4.01. The smallest absolute Gasteiger partial charge is 0.0746 e. The quantitative estimate of drug-likeness (QED) is 0.786. The van der Waals surface area contributed by atoms with Crippen LogP contribution in [0.4, 0.5) is 0 Å². The molecule has 1 aliphatic rings. The van der Waals surface area contributed by atoms with Crippen molar-refractivity contribution in [2.75, 3.05) is 13.2 Å². The predicted molar refractivity (Wildman–Crippen MR) is 81.5 cm³/mol. The van der Waals surface area contributed by atoms with Gasteiger partial charge in [-0.25, -0.2) is 0 Å². The Bertz CT molecular complexity index is 560. The summed E-state index contributed by atoms with van der Waals surface area (Å²) in [4.78, 5) is 7.10. The molecule has 1 saturated carbocycles. The molecule has 1 fully saturated rings. The van der Waals surface area contributed by atoms with Crippen molar-refractivity contribution in [2.24, 2.45) is 0 Å². The zero-order chi connectivity index (χ0) is 13.8. The van der Waals surface area contributed by atoms with Crippen LogP contribution >= 0.6 is 0 Å². The number of hydrogen-bond donors (Lipinski definition) is 1. The Labute approximate surface area is 120 Å². The van der Waals surface area contributed by atoms with Crippen LogP contribution in [0.2, 0.25) is 0 Å². The number of nitrogens with zero attached hydrogens (tertiary/aromatic N) is 2. The van der Waals surface area contributed by atoms with E-state index in [9.17, 15) is 0 Å². The van der Waals surface area contributed by atoms with Crippen molar-refractivity contribution in [3.63, 3.8) is 0 Å². The second kappa shape index (κ2) is 6.33. The molecule has 1 heterocycles. The lowest BCUT2D eigenvalue weighted by Crippen LogP contribution is -2.27. The average molecular weight is 270 g/mol. The molecule has 106 valence electrons. The Morgan fingerprint density at radius 2 is 2.00 bits per heavy atom. The number of aliphatic hydroxyl groups excluding tert-OH is 1. The van der Waals surface area contributed by atoms with Crippen LogP contribution in [0.5, 0.6) is 0 Å². The van der Waals surface area contributed by atoms with Crippen LogP contribution in [0, 0.1) is 0 Å². The second-order valence-electron chi connectivity index (χ2n) is 5.62. The van der Waals surface area contributed by atoms with Gasteiger partial charge in [0.25, 0.3) is 0 Å². The molecule has 3 rings (SSSR count). The summed E-state index contributed by atoms with van der Waals surface area (Å²) < 4.78 is 0. The number of pyridine rings is 1. The van der Waals surface area contributed by atoms with Crippen molar-refractivity contribution in [3.05, 3.63) is 42.1 Å². The Morgan fingerprint density at radius 1 is 1.15 bits per heavy atom. The molecule has 0 amide bonds. The number of para-hydroxylation sites is 1. The molecule has 0 radical (unpaired) electrons. The van der Waals surface area contributed by atoms with Gasteiger partial charge in [0.2, 0.25) is 0 Å². The van der Waals surface area contributed by atoms with Gasteiger partial charge in [-0.1, -0.05) is 24.3 Å². The van der Waals surface area contributed by atoms with Crippen LogP contribution in [-0.2, 0) is 6.54 Å². The minimum Gasteiger partial charge on any atom is -0.396 e. The van der Waals surface area contributed by atoms with Gasteiger partial charge in [0.1, 0.15) is 0 Å². The zero-order valence-electron chi connectivity index (χ0n) is 11.8. The standard InChI is InChI=1S/C17H22N2O/c20-12-2-1-11-19(16-8-9-16)13-15-6-3-5-14-7-4-10-18-17(14)15/h3-7,10,16,20H,1-2,8-9,11-13H2. The first kappa shape index (κ1) is 13.5. The van der Waals surface area contributed by atoms with E-state index in [2.05, 4.69) is 34.1 Å². The van der Waals surface area contributed by atoms with E-state index in [0.29, 0.717) is 6.61 Å². The van der Waals surface area contributed by atoms with Gasteiger partial charge in [-0.2, -0.15) is 0 Å². The highest BCUT2D eigenvalue weighted by Gasteiger charge is 2.28. The number of fused-ring (bicyclic) bond motifs is 1. The van der Waals surface area contributed by atoms with Gasteiger partial charge in [0.15, 0.2) is 0 Å². The lowest BCUT2D eigenvalue weighted by molar-refractivity contribution is 0.229. The topological polar surface area (TPSA) is 36.4 Å². The Morgan fingerprint density at radius 3 is 2.80 bits per heavy atom. The van der Waals surface area contributed by atoms with E-state index in [-0.39, 0.29) is 0 Å². The summed E-state index contributed by atoms with van der Waals surface area (Å²) in [6, 6.07) is 11.3. The summed E-state index contributed by atoms with van der Waals surface area (Å²) in [6.45, 7) is 2.35. The normalized spacial score (nSPS) is 15.1. The van der Waals surface area contributed by atoms with E-state index >= 15 is 0 Å². The molecular weight excluding hydrogens is 248 g/mol. The van der Waals surface area contributed by atoms with E-state index in [1.807, 2.05) is 12.3 Å². The van der Waals surface area contributed by atoms with E-state index < -0.39 is 0 Å². The highest BCUT2D eigenvalue weighted by atomic mass is 16.2. The molecule has 1 aromatic heterocycles. The third-order valence-corrected chi connectivity index (χ3v) is 4.01. The van der Waals surface area contributed by atoms with Crippen LogP contribution in [0.15, 0.2) is 36.5 Å². The summed E-state index contributed by atoms with van der Waals surface area (Å²) >= 11 is 0. The number of unbranched alkanes of at least 4 members (excludes halogenated alkanes) is 1. The summed E-state index contributed by atoms with van der Waals surface area (Å²) in [5.74, 6) is 0. The lowest BCUT2D eigenvalue weighted by Gasteiger charge is -2.22. The maximum atomic E-state index is 8.94. The number of aliphatic hydroxyl groups is 1. The fourth-order valence-corrected chi connectivity index (χ4v) is 2.77. The Hall–Kier alpha value is -1.45. The average Bonchev–Trinajstić information content (AvgIpc) is 3.31. The van der Waals surface area contributed by atoms with Gasteiger partial charge in [-0.05, 0) is 43.9 Å². The first-order valence-corrected chi connectivity index (χ1v) is 7.56. The minimum absolute atomic E-state index is 0.300. The molecule has 0 saturated heterocycles. The van der Waals surface area contributed by atoms with E-state index in [1.165, 1.54) is 23.8 Å². The maximum absolute atomic E-state index is 8.94. The molecule has 2 aromatic rings. The molecule has 0 unspecified atom stereocenters. The third kappa shape index (κ3) is 3.17. The molecule has 3 heteroatoms. The summed E-state index contributed by atoms with van der Waals surface area (Å²) in [5, 5.41) is 10.2. The van der Waals surface area contributed by atoms with Crippen molar-refractivity contribution < 1.29 is 5.11 Å². The van der Waals surface area contributed by atoms with Crippen molar-refractivity contribution in [1.29, 1.82) is 0 Å². The van der Waals surface area contributed by atoms with Gasteiger partial charge >= 0.3 is 0 Å². The molecule has 1 aromatic carbocycles. The molecule has 0 spiro atoms. The van der Waals surface area contributed by atoms with Crippen molar-refractivity contribution >= 4 is 10.9 Å². The van der Waals surface area contributed by atoms with Crippen molar-refractivity contribution in [2.45, 2.75) is 38.3 Å². The molecule has 1 N–H and O–H groups in total. The monoisotopic (exact) mass is 270 g/mol. The van der Waals surface area contributed by atoms with Crippen molar-refractivity contribution in [1.82, 2.24) is 9.88 Å². The molecule has 0 aliphatic heterocycles. The van der Waals surface area contributed by atoms with Gasteiger partial charge in [-0.15, -0.1) is 0 Å². The summed E-state index contributed by atoms with van der Waals surface area (Å²) in [5.41, 5.74) is 2.45. The van der Waals surface area contributed by atoms with Gasteiger partial charge < -0.3 is 5.11 Å². The van der Waals surface area contributed by atoms with Crippen molar-refractivity contribution in [3.8, 4) is 0 Å². The lowest BCUT2D eigenvalue weighted by atomic mass is 10.1. The van der Waals surface area contributed by atoms with Crippen LogP contribution < -0.4 is 0 Å². The number of rotatable bonds is 7. The molecular formula is C17H22N2O. The Balaban J connectivity index is 1.76. The number of hydrogen-bond acceptors (Lipinski definition) is 3. The number of aromatic nitrogens is 1.